The summed E-state index contributed by atoms with van der Waals surface area (Å²) in [6.07, 6.45) is 7.70. The highest BCUT2D eigenvalue weighted by Gasteiger charge is 2.20. The number of aryl methyl sites for hydroxylation is 1. The molecule has 1 aromatic rings. The number of hydrogen-bond acceptors (Lipinski definition) is 2. The van der Waals surface area contributed by atoms with Crippen molar-refractivity contribution in [2.24, 2.45) is 11.7 Å². The number of rotatable bonds is 5. The van der Waals surface area contributed by atoms with Crippen LogP contribution in [0.15, 0.2) is 24.3 Å². The molecule has 2 rings (SSSR count). The van der Waals surface area contributed by atoms with Crippen molar-refractivity contribution in [3.05, 3.63) is 29.8 Å². The lowest BCUT2D eigenvalue weighted by Crippen LogP contribution is -2.33. The monoisotopic (exact) mass is 247 g/mol. The van der Waals surface area contributed by atoms with E-state index in [0.717, 1.165) is 24.7 Å². The van der Waals surface area contributed by atoms with Gasteiger partial charge < -0.3 is 10.5 Å². The van der Waals surface area contributed by atoms with Gasteiger partial charge in [0.25, 0.3) is 0 Å². The molecule has 1 fully saturated rings. The van der Waals surface area contributed by atoms with Crippen molar-refractivity contribution in [1.29, 1.82) is 0 Å². The minimum Gasteiger partial charge on any atom is -0.494 e. The molecular weight excluding hydrogens is 222 g/mol. The summed E-state index contributed by atoms with van der Waals surface area (Å²) in [4.78, 5) is 0. The Kier molecular flexibility index (Phi) is 5.06. The summed E-state index contributed by atoms with van der Waals surface area (Å²) in [5.41, 5.74) is 7.50. The molecule has 0 aliphatic heterocycles. The van der Waals surface area contributed by atoms with Crippen molar-refractivity contribution in [2.75, 3.05) is 6.61 Å². The van der Waals surface area contributed by atoms with E-state index in [1.165, 1.54) is 37.7 Å². The molecule has 2 heteroatoms. The van der Waals surface area contributed by atoms with E-state index in [0.29, 0.717) is 6.04 Å². The maximum absolute atomic E-state index is 6.26. The van der Waals surface area contributed by atoms with E-state index in [9.17, 15) is 0 Å². The first-order valence-corrected chi connectivity index (χ1v) is 7.21. The van der Waals surface area contributed by atoms with Crippen LogP contribution in [0.25, 0.3) is 0 Å². The molecule has 0 radical (unpaired) electrons. The van der Waals surface area contributed by atoms with E-state index >= 15 is 0 Å². The van der Waals surface area contributed by atoms with E-state index in [-0.39, 0.29) is 0 Å². The van der Waals surface area contributed by atoms with Crippen LogP contribution in [0.1, 0.15) is 44.1 Å². The second kappa shape index (κ2) is 6.79. The second-order valence-electron chi connectivity index (χ2n) is 5.52. The lowest BCUT2D eigenvalue weighted by Gasteiger charge is -2.27. The van der Waals surface area contributed by atoms with Gasteiger partial charge in [0, 0.05) is 6.04 Å². The third kappa shape index (κ3) is 4.02. The van der Waals surface area contributed by atoms with Crippen LogP contribution in [-0.4, -0.2) is 12.6 Å². The molecule has 1 atom stereocenters. The van der Waals surface area contributed by atoms with E-state index in [4.69, 9.17) is 10.5 Å². The van der Waals surface area contributed by atoms with Crippen molar-refractivity contribution in [3.63, 3.8) is 0 Å². The molecule has 1 aliphatic rings. The Morgan fingerprint density at radius 3 is 2.78 bits per heavy atom. The molecule has 0 amide bonds. The summed E-state index contributed by atoms with van der Waals surface area (Å²) in [7, 11) is 0. The van der Waals surface area contributed by atoms with Crippen LogP contribution in [0.2, 0.25) is 0 Å². The topological polar surface area (TPSA) is 35.2 Å². The van der Waals surface area contributed by atoms with Crippen LogP contribution in [0.3, 0.4) is 0 Å². The van der Waals surface area contributed by atoms with Gasteiger partial charge in [0.1, 0.15) is 5.75 Å². The molecule has 1 saturated carbocycles. The minimum atomic E-state index is 0.315. The first-order valence-electron chi connectivity index (χ1n) is 7.21. The van der Waals surface area contributed by atoms with Gasteiger partial charge in [-0.2, -0.15) is 0 Å². The average molecular weight is 247 g/mol. The van der Waals surface area contributed by atoms with Crippen LogP contribution < -0.4 is 10.5 Å². The zero-order valence-corrected chi connectivity index (χ0v) is 11.4. The smallest absolute Gasteiger partial charge is 0.119 e. The maximum atomic E-state index is 6.26. The van der Waals surface area contributed by atoms with Gasteiger partial charge in [-0.25, -0.2) is 0 Å². The van der Waals surface area contributed by atoms with E-state index in [1.54, 1.807) is 0 Å². The Bertz CT molecular complexity index is 358. The summed E-state index contributed by atoms with van der Waals surface area (Å²) in [6, 6.07) is 8.52. The quantitative estimate of drug-likeness (QED) is 0.861. The van der Waals surface area contributed by atoms with Gasteiger partial charge in [-0.3, -0.25) is 0 Å². The fourth-order valence-corrected chi connectivity index (χ4v) is 2.82. The lowest BCUT2D eigenvalue weighted by molar-refractivity contribution is 0.243. The molecular formula is C16H25NO. The molecule has 0 bridgehead atoms. The van der Waals surface area contributed by atoms with E-state index in [2.05, 4.69) is 19.1 Å². The Morgan fingerprint density at radius 2 is 2.06 bits per heavy atom. The first kappa shape index (κ1) is 13.4. The zero-order chi connectivity index (χ0) is 12.8. The standard InChI is InChI=1S/C16H25NO/c1-13-6-5-9-15(12-13)18-11-10-16(17)14-7-3-2-4-8-14/h5-6,9,12,14,16H,2-4,7-8,10-11,17H2,1H3. The highest BCUT2D eigenvalue weighted by Crippen LogP contribution is 2.26. The SMILES string of the molecule is Cc1cccc(OCCC(N)C2CCCCC2)c1. The Morgan fingerprint density at radius 1 is 1.28 bits per heavy atom. The average Bonchev–Trinajstić information content (AvgIpc) is 2.40. The summed E-state index contributed by atoms with van der Waals surface area (Å²) < 4.78 is 5.77. The molecule has 100 valence electrons. The van der Waals surface area contributed by atoms with Gasteiger partial charge in [-0.15, -0.1) is 0 Å². The molecule has 18 heavy (non-hydrogen) atoms. The van der Waals surface area contributed by atoms with Gasteiger partial charge in [0.05, 0.1) is 6.61 Å². The molecule has 2 nitrogen and oxygen atoms in total. The lowest BCUT2D eigenvalue weighted by atomic mass is 9.83. The normalized spacial score (nSPS) is 18.6. The molecule has 0 spiro atoms. The highest BCUT2D eigenvalue weighted by atomic mass is 16.5. The number of ether oxygens (including phenoxy) is 1. The van der Waals surface area contributed by atoms with Crippen LogP contribution in [0, 0.1) is 12.8 Å². The van der Waals surface area contributed by atoms with Gasteiger partial charge in [0.2, 0.25) is 0 Å². The second-order valence-corrected chi connectivity index (χ2v) is 5.52. The van der Waals surface area contributed by atoms with Crippen molar-refractivity contribution < 1.29 is 4.74 Å². The van der Waals surface area contributed by atoms with Gasteiger partial charge in [0.15, 0.2) is 0 Å². The zero-order valence-electron chi connectivity index (χ0n) is 11.4. The van der Waals surface area contributed by atoms with E-state index < -0.39 is 0 Å². The van der Waals surface area contributed by atoms with E-state index in [1.807, 2.05) is 12.1 Å². The summed E-state index contributed by atoms with van der Waals surface area (Å²) in [5.74, 6) is 1.69. The predicted molar refractivity (Wildman–Crippen MR) is 75.8 cm³/mol. The molecule has 0 saturated heterocycles. The Balaban J connectivity index is 1.71. The Labute approximate surface area is 111 Å². The van der Waals surface area contributed by atoms with Crippen LogP contribution in [0.4, 0.5) is 0 Å². The van der Waals surface area contributed by atoms with Crippen molar-refractivity contribution >= 4 is 0 Å². The summed E-state index contributed by atoms with van der Waals surface area (Å²) in [5, 5.41) is 0. The molecule has 1 aliphatic carbocycles. The van der Waals surface area contributed by atoms with Gasteiger partial charge in [-0.05, 0) is 49.8 Å². The molecule has 0 aromatic heterocycles. The van der Waals surface area contributed by atoms with Gasteiger partial charge >= 0.3 is 0 Å². The highest BCUT2D eigenvalue weighted by molar-refractivity contribution is 5.27. The van der Waals surface area contributed by atoms with Crippen LogP contribution in [0.5, 0.6) is 5.75 Å². The predicted octanol–water partition coefficient (Wildman–Crippen LogP) is 3.67. The van der Waals surface area contributed by atoms with Crippen molar-refractivity contribution in [1.82, 2.24) is 0 Å². The number of nitrogens with two attached hydrogens (primary N) is 1. The Hall–Kier alpha value is -1.02. The van der Waals surface area contributed by atoms with Gasteiger partial charge in [-0.1, -0.05) is 31.4 Å². The largest absolute Gasteiger partial charge is 0.494 e. The maximum Gasteiger partial charge on any atom is 0.119 e. The van der Waals surface area contributed by atoms with Crippen LogP contribution in [-0.2, 0) is 0 Å². The minimum absolute atomic E-state index is 0.315. The fourth-order valence-electron chi connectivity index (χ4n) is 2.82. The molecule has 0 heterocycles. The third-order valence-corrected chi connectivity index (χ3v) is 3.96. The summed E-state index contributed by atoms with van der Waals surface area (Å²) in [6.45, 7) is 2.82. The fraction of sp³-hybridized carbons (Fsp3) is 0.625. The first-order chi connectivity index (χ1) is 8.75. The molecule has 1 aromatic carbocycles. The molecule has 1 unspecified atom stereocenters. The molecule has 2 N–H and O–H groups in total. The van der Waals surface area contributed by atoms with Crippen LogP contribution >= 0.6 is 0 Å². The summed E-state index contributed by atoms with van der Waals surface area (Å²) >= 11 is 0. The van der Waals surface area contributed by atoms with Crippen molar-refractivity contribution in [2.45, 2.75) is 51.5 Å². The van der Waals surface area contributed by atoms with Crippen molar-refractivity contribution in [3.8, 4) is 5.75 Å². The third-order valence-electron chi connectivity index (χ3n) is 3.96. The number of benzene rings is 1. The number of hydrogen-bond donors (Lipinski definition) is 1.